The summed E-state index contributed by atoms with van der Waals surface area (Å²) in [7, 11) is 0. The molecule has 1 rings (SSSR count). The monoisotopic (exact) mass is 304 g/mol. The molecule has 0 aromatic carbocycles. The number of hydrogen-bond donors (Lipinski definition) is 1. The molecule has 5 nitrogen and oxygen atoms in total. The molecule has 0 bridgehead atoms. The van der Waals surface area contributed by atoms with Crippen molar-refractivity contribution in [3.8, 4) is 0 Å². The van der Waals surface area contributed by atoms with Crippen LogP contribution in [0.4, 0.5) is 13.2 Å². The Morgan fingerprint density at radius 2 is 1.81 bits per heavy atom. The second kappa shape index (κ2) is 5.71. The number of rotatable bonds is 3. The van der Waals surface area contributed by atoms with Crippen molar-refractivity contribution >= 4 is 11.9 Å². The van der Waals surface area contributed by atoms with Crippen LogP contribution in [0.1, 0.15) is 36.8 Å². The number of carbonyl (C=O) groups excluding carboxylic acids is 1. The molecule has 1 heterocycles. The van der Waals surface area contributed by atoms with Crippen LogP contribution >= 0.6 is 0 Å². The van der Waals surface area contributed by atoms with E-state index in [0.29, 0.717) is 6.07 Å². The molecule has 8 heteroatoms. The molecule has 1 aromatic rings. The van der Waals surface area contributed by atoms with E-state index in [4.69, 9.17) is 5.11 Å². The summed E-state index contributed by atoms with van der Waals surface area (Å²) in [5.74, 6) is -1.90. The molecule has 0 atom stereocenters. The van der Waals surface area contributed by atoms with E-state index in [1.807, 2.05) is 0 Å². The lowest BCUT2D eigenvalue weighted by molar-refractivity contribution is -0.141. The Balaban J connectivity index is 3.07. The van der Waals surface area contributed by atoms with Crippen LogP contribution in [0.2, 0.25) is 0 Å². The molecule has 0 aliphatic rings. The Kier molecular flexibility index (Phi) is 4.60. The minimum Gasteiger partial charge on any atom is -0.480 e. The largest absolute Gasteiger partial charge is 0.480 e. The van der Waals surface area contributed by atoms with Crippen molar-refractivity contribution in [3.63, 3.8) is 0 Å². The number of pyridine rings is 1. The van der Waals surface area contributed by atoms with Crippen LogP contribution in [0.25, 0.3) is 0 Å². The molecule has 0 fully saturated rings. The molecule has 0 spiro atoms. The molecule has 0 radical (unpaired) electrons. The lowest BCUT2D eigenvalue weighted by atomic mass is 10.0. The first-order chi connectivity index (χ1) is 9.43. The van der Waals surface area contributed by atoms with E-state index in [1.165, 1.54) is 0 Å². The van der Waals surface area contributed by atoms with Crippen LogP contribution in [0.3, 0.4) is 0 Å². The van der Waals surface area contributed by atoms with Gasteiger partial charge in [-0.3, -0.25) is 14.6 Å². The van der Waals surface area contributed by atoms with Gasteiger partial charge in [-0.1, -0.05) is 0 Å². The maximum absolute atomic E-state index is 12.4. The van der Waals surface area contributed by atoms with Gasteiger partial charge in [-0.2, -0.15) is 13.2 Å². The number of halogens is 3. The van der Waals surface area contributed by atoms with E-state index >= 15 is 0 Å². The highest BCUT2D eigenvalue weighted by molar-refractivity contribution is 5.96. The van der Waals surface area contributed by atoms with Gasteiger partial charge in [0.15, 0.2) is 0 Å². The van der Waals surface area contributed by atoms with Gasteiger partial charge in [0.2, 0.25) is 0 Å². The van der Waals surface area contributed by atoms with Gasteiger partial charge < -0.3 is 10.0 Å². The molecular formula is C13H15F3N2O3. The molecule has 0 unspecified atom stereocenters. The molecule has 116 valence electrons. The third kappa shape index (κ3) is 4.44. The van der Waals surface area contributed by atoms with Crippen LogP contribution in [0.5, 0.6) is 0 Å². The van der Waals surface area contributed by atoms with Gasteiger partial charge in [0.25, 0.3) is 5.91 Å². The van der Waals surface area contributed by atoms with Gasteiger partial charge in [-0.15, -0.1) is 0 Å². The zero-order valence-electron chi connectivity index (χ0n) is 11.7. The SMILES string of the molecule is CC(C)(C)N(CC(=O)O)C(=O)c1ccc(C(F)(F)F)nc1. The Labute approximate surface area is 119 Å². The normalized spacial score (nSPS) is 12.1. The minimum absolute atomic E-state index is 0.0980. The van der Waals surface area contributed by atoms with Crippen LogP contribution in [-0.2, 0) is 11.0 Å². The highest BCUT2D eigenvalue weighted by atomic mass is 19.4. The summed E-state index contributed by atoms with van der Waals surface area (Å²) in [6.07, 6.45) is -3.79. The number of alkyl halides is 3. The Bertz CT molecular complexity index is 533. The van der Waals surface area contributed by atoms with E-state index in [0.717, 1.165) is 17.2 Å². The second-order valence-corrected chi connectivity index (χ2v) is 5.39. The van der Waals surface area contributed by atoms with Crippen molar-refractivity contribution in [3.05, 3.63) is 29.6 Å². The first kappa shape index (κ1) is 16.9. The maximum Gasteiger partial charge on any atom is 0.433 e. The van der Waals surface area contributed by atoms with Gasteiger partial charge >= 0.3 is 12.1 Å². The average Bonchev–Trinajstić information content (AvgIpc) is 2.33. The highest BCUT2D eigenvalue weighted by Gasteiger charge is 2.33. The number of carboxylic acids is 1. The molecule has 0 saturated carbocycles. The van der Waals surface area contributed by atoms with Crippen LogP contribution in [0.15, 0.2) is 18.3 Å². The second-order valence-electron chi connectivity index (χ2n) is 5.39. The molecule has 0 saturated heterocycles. The molecule has 21 heavy (non-hydrogen) atoms. The average molecular weight is 304 g/mol. The van der Waals surface area contributed by atoms with Gasteiger partial charge in [0.1, 0.15) is 12.2 Å². The predicted octanol–water partition coefficient (Wildman–Crippen LogP) is 2.43. The van der Waals surface area contributed by atoms with Crippen molar-refractivity contribution in [2.24, 2.45) is 0 Å². The number of carboxylic acid groups (broad SMARTS) is 1. The minimum atomic E-state index is -4.59. The summed E-state index contributed by atoms with van der Waals surface area (Å²) in [6, 6.07) is 1.67. The lowest BCUT2D eigenvalue weighted by Crippen LogP contribution is -2.48. The summed E-state index contributed by atoms with van der Waals surface area (Å²) < 4.78 is 37.2. The van der Waals surface area contributed by atoms with Crippen LogP contribution in [-0.4, -0.2) is 39.0 Å². The fourth-order valence-corrected chi connectivity index (χ4v) is 1.59. The van der Waals surface area contributed by atoms with Crippen molar-refractivity contribution < 1.29 is 27.9 Å². The fourth-order valence-electron chi connectivity index (χ4n) is 1.59. The Hall–Kier alpha value is -2.12. The third-order valence-electron chi connectivity index (χ3n) is 2.65. The number of carbonyl (C=O) groups is 2. The predicted molar refractivity (Wildman–Crippen MR) is 67.7 cm³/mol. The number of aromatic nitrogens is 1. The topological polar surface area (TPSA) is 70.5 Å². The van der Waals surface area contributed by atoms with E-state index in [-0.39, 0.29) is 5.56 Å². The molecule has 1 amide bonds. The number of hydrogen-bond acceptors (Lipinski definition) is 3. The Morgan fingerprint density at radius 3 is 2.14 bits per heavy atom. The molecule has 0 aliphatic carbocycles. The van der Waals surface area contributed by atoms with Crippen molar-refractivity contribution in [1.29, 1.82) is 0 Å². The van der Waals surface area contributed by atoms with Gasteiger partial charge in [0, 0.05) is 11.7 Å². The van der Waals surface area contributed by atoms with E-state index in [9.17, 15) is 22.8 Å². The smallest absolute Gasteiger partial charge is 0.433 e. The third-order valence-corrected chi connectivity index (χ3v) is 2.65. The molecular weight excluding hydrogens is 289 g/mol. The molecule has 1 aromatic heterocycles. The van der Waals surface area contributed by atoms with Crippen molar-refractivity contribution in [1.82, 2.24) is 9.88 Å². The van der Waals surface area contributed by atoms with Crippen LogP contribution < -0.4 is 0 Å². The van der Waals surface area contributed by atoms with E-state index in [2.05, 4.69) is 4.98 Å². The van der Waals surface area contributed by atoms with E-state index < -0.39 is 35.8 Å². The quantitative estimate of drug-likeness (QED) is 0.931. The van der Waals surface area contributed by atoms with Gasteiger partial charge in [0.05, 0.1) is 5.56 Å². The highest BCUT2D eigenvalue weighted by Crippen LogP contribution is 2.27. The summed E-state index contributed by atoms with van der Waals surface area (Å²) in [4.78, 5) is 27.3. The fraction of sp³-hybridized carbons (Fsp3) is 0.462. The zero-order chi connectivity index (χ0) is 16.4. The number of aliphatic carboxylic acids is 1. The maximum atomic E-state index is 12.4. The number of amides is 1. The molecule has 0 aliphatic heterocycles. The van der Waals surface area contributed by atoms with Crippen LogP contribution in [0, 0.1) is 0 Å². The Morgan fingerprint density at radius 1 is 1.24 bits per heavy atom. The first-order valence-electron chi connectivity index (χ1n) is 6.00. The van der Waals surface area contributed by atoms with Crippen molar-refractivity contribution in [2.45, 2.75) is 32.5 Å². The van der Waals surface area contributed by atoms with Crippen molar-refractivity contribution in [2.75, 3.05) is 6.54 Å². The summed E-state index contributed by atoms with van der Waals surface area (Å²) in [5.41, 5.74) is -2.00. The van der Waals surface area contributed by atoms with E-state index in [1.54, 1.807) is 20.8 Å². The van der Waals surface area contributed by atoms with Gasteiger partial charge in [-0.25, -0.2) is 0 Å². The summed E-state index contributed by atoms with van der Waals surface area (Å²) >= 11 is 0. The number of nitrogens with zero attached hydrogens (tertiary/aromatic N) is 2. The standard InChI is InChI=1S/C13H15F3N2O3/c1-12(2,3)18(7-10(19)20)11(21)8-4-5-9(17-6-8)13(14,15)16/h4-6H,7H2,1-3H3,(H,19,20). The first-order valence-corrected chi connectivity index (χ1v) is 6.00. The zero-order valence-corrected chi connectivity index (χ0v) is 11.7. The summed E-state index contributed by atoms with van der Waals surface area (Å²) in [5, 5.41) is 8.84. The van der Waals surface area contributed by atoms with Gasteiger partial charge in [-0.05, 0) is 32.9 Å². The lowest BCUT2D eigenvalue weighted by Gasteiger charge is -2.34. The summed E-state index contributed by atoms with van der Waals surface area (Å²) in [6.45, 7) is 4.34. The molecule has 1 N–H and O–H groups in total.